The van der Waals surface area contributed by atoms with E-state index in [1.165, 1.54) is 6.07 Å². The molecule has 0 bridgehead atoms. The molecule has 0 amide bonds. The molecule has 0 radical (unpaired) electrons. The molecule has 0 spiro atoms. The van der Waals surface area contributed by atoms with Gasteiger partial charge >= 0.3 is 5.63 Å². The van der Waals surface area contributed by atoms with Crippen LogP contribution < -0.4 is 5.63 Å². The number of aromatic nitrogens is 1. The van der Waals surface area contributed by atoms with Crippen molar-refractivity contribution >= 4 is 0 Å². The molecule has 0 atom stereocenters. The van der Waals surface area contributed by atoms with Crippen LogP contribution in [-0.4, -0.2) is 4.98 Å². The van der Waals surface area contributed by atoms with Crippen molar-refractivity contribution in [3.05, 3.63) is 28.1 Å². The summed E-state index contributed by atoms with van der Waals surface area (Å²) in [6.45, 7) is 3.81. The van der Waals surface area contributed by atoms with Gasteiger partial charge in [-0.05, 0) is 13.3 Å². The van der Waals surface area contributed by atoms with Gasteiger partial charge in [-0.2, -0.15) is 0 Å². The third-order valence-electron chi connectivity index (χ3n) is 1.31. The SMILES string of the molecule is CCCc1nc(C)cc(=O)o1. The Kier molecular flexibility index (Phi) is 2.41. The van der Waals surface area contributed by atoms with Gasteiger partial charge in [0.25, 0.3) is 0 Å². The minimum absolute atomic E-state index is 0.305. The van der Waals surface area contributed by atoms with Gasteiger partial charge < -0.3 is 4.42 Å². The van der Waals surface area contributed by atoms with Crippen molar-refractivity contribution in [1.29, 1.82) is 0 Å². The van der Waals surface area contributed by atoms with Crippen molar-refractivity contribution in [2.45, 2.75) is 26.7 Å². The molecule has 0 fully saturated rings. The lowest BCUT2D eigenvalue weighted by Crippen LogP contribution is -2.03. The summed E-state index contributed by atoms with van der Waals surface area (Å²) in [6, 6.07) is 1.39. The van der Waals surface area contributed by atoms with Gasteiger partial charge in [-0.15, -0.1) is 0 Å². The largest absolute Gasteiger partial charge is 0.408 e. The van der Waals surface area contributed by atoms with Gasteiger partial charge in [-0.3, -0.25) is 0 Å². The highest BCUT2D eigenvalue weighted by Crippen LogP contribution is 1.96. The summed E-state index contributed by atoms with van der Waals surface area (Å²) in [5.41, 5.74) is 0.422. The molecule has 0 saturated heterocycles. The second-order valence-electron chi connectivity index (χ2n) is 2.46. The van der Waals surface area contributed by atoms with E-state index in [1.54, 1.807) is 6.92 Å². The summed E-state index contributed by atoms with van der Waals surface area (Å²) < 4.78 is 4.83. The molecule has 60 valence electrons. The lowest BCUT2D eigenvalue weighted by molar-refractivity contribution is 0.429. The maximum absolute atomic E-state index is 10.8. The number of hydrogen-bond donors (Lipinski definition) is 0. The molecular formula is C8H11NO2. The molecule has 0 saturated carbocycles. The summed E-state index contributed by atoms with van der Waals surface area (Å²) in [4.78, 5) is 14.8. The average Bonchev–Trinajstić information content (AvgIpc) is 1.85. The van der Waals surface area contributed by atoms with E-state index in [0.717, 1.165) is 18.5 Å². The zero-order valence-corrected chi connectivity index (χ0v) is 6.76. The lowest BCUT2D eigenvalue weighted by atomic mass is 10.3. The first kappa shape index (κ1) is 7.98. The summed E-state index contributed by atoms with van der Waals surface area (Å²) in [5, 5.41) is 0. The number of hydrogen-bond acceptors (Lipinski definition) is 3. The lowest BCUT2D eigenvalue weighted by Gasteiger charge is -1.95. The van der Waals surface area contributed by atoms with Crippen LogP contribution in [0.3, 0.4) is 0 Å². The van der Waals surface area contributed by atoms with E-state index in [0.29, 0.717) is 5.89 Å². The summed E-state index contributed by atoms with van der Waals surface area (Å²) in [5.74, 6) is 0.539. The van der Waals surface area contributed by atoms with E-state index in [1.807, 2.05) is 6.92 Å². The van der Waals surface area contributed by atoms with Crippen LogP contribution in [0.25, 0.3) is 0 Å². The fourth-order valence-electron chi connectivity index (χ4n) is 0.889. The fourth-order valence-corrected chi connectivity index (χ4v) is 0.889. The first-order chi connectivity index (χ1) is 5.22. The Hall–Kier alpha value is -1.12. The van der Waals surface area contributed by atoms with Crippen molar-refractivity contribution in [2.24, 2.45) is 0 Å². The highest BCUT2D eigenvalue weighted by atomic mass is 16.4. The van der Waals surface area contributed by atoms with E-state index in [9.17, 15) is 4.79 Å². The third-order valence-corrected chi connectivity index (χ3v) is 1.31. The molecule has 3 nitrogen and oxygen atoms in total. The second kappa shape index (κ2) is 3.32. The fraction of sp³-hybridized carbons (Fsp3) is 0.500. The molecule has 0 N–H and O–H groups in total. The number of nitrogens with zero attached hydrogens (tertiary/aromatic N) is 1. The molecule has 0 aliphatic carbocycles. The normalized spacial score (nSPS) is 10.0. The molecule has 1 rings (SSSR count). The molecule has 0 aliphatic rings. The highest BCUT2D eigenvalue weighted by molar-refractivity contribution is 4.96. The zero-order chi connectivity index (χ0) is 8.27. The summed E-state index contributed by atoms with van der Waals surface area (Å²) in [6.07, 6.45) is 1.68. The quantitative estimate of drug-likeness (QED) is 0.643. The van der Waals surface area contributed by atoms with Crippen LogP contribution in [0.2, 0.25) is 0 Å². The predicted molar refractivity (Wildman–Crippen MR) is 41.5 cm³/mol. The molecule has 0 aliphatic heterocycles. The molecule has 3 heteroatoms. The van der Waals surface area contributed by atoms with Gasteiger partial charge in [0.1, 0.15) is 0 Å². The van der Waals surface area contributed by atoms with E-state index in [-0.39, 0.29) is 5.63 Å². The van der Waals surface area contributed by atoms with E-state index in [2.05, 4.69) is 4.98 Å². The van der Waals surface area contributed by atoms with Crippen LogP contribution in [0, 0.1) is 6.92 Å². The molecular weight excluding hydrogens is 142 g/mol. The molecule has 11 heavy (non-hydrogen) atoms. The van der Waals surface area contributed by atoms with Crippen LogP contribution in [0.5, 0.6) is 0 Å². The van der Waals surface area contributed by atoms with Crippen molar-refractivity contribution in [3.8, 4) is 0 Å². The standard InChI is InChI=1S/C8H11NO2/c1-3-4-7-9-6(2)5-8(10)11-7/h5H,3-4H2,1-2H3. The Morgan fingerprint density at radius 2 is 2.36 bits per heavy atom. The van der Waals surface area contributed by atoms with E-state index < -0.39 is 0 Å². The number of aryl methyl sites for hydroxylation is 2. The maximum atomic E-state index is 10.8. The van der Waals surface area contributed by atoms with Gasteiger partial charge in [-0.1, -0.05) is 6.92 Å². The van der Waals surface area contributed by atoms with Crippen LogP contribution in [0.1, 0.15) is 24.9 Å². The summed E-state index contributed by atoms with van der Waals surface area (Å²) in [7, 11) is 0. The Labute approximate surface area is 65.1 Å². The zero-order valence-electron chi connectivity index (χ0n) is 6.76. The second-order valence-corrected chi connectivity index (χ2v) is 2.46. The predicted octanol–water partition coefficient (Wildman–Crippen LogP) is 1.30. The Bertz CT molecular complexity index is 290. The Balaban J connectivity index is 2.99. The van der Waals surface area contributed by atoms with Crippen LogP contribution in [0.15, 0.2) is 15.3 Å². The van der Waals surface area contributed by atoms with Crippen molar-refractivity contribution in [3.63, 3.8) is 0 Å². The molecule has 1 aromatic heterocycles. The highest BCUT2D eigenvalue weighted by Gasteiger charge is 1.97. The first-order valence-corrected chi connectivity index (χ1v) is 3.70. The van der Waals surface area contributed by atoms with Crippen LogP contribution >= 0.6 is 0 Å². The van der Waals surface area contributed by atoms with Crippen molar-refractivity contribution < 1.29 is 4.42 Å². The average molecular weight is 153 g/mol. The first-order valence-electron chi connectivity index (χ1n) is 3.70. The minimum Gasteiger partial charge on any atom is -0.408 e. The molecule has 0 aromatic carbocycles. The van der Waals surface area contributed by atoms with Gasteiger partial charge in [0, 0.05) is 18.2 Å². The maximum Gasteiger partial charge on any atom is 0.339 e. The van der Waals surface area contributed by atoms with E-state index in [4.69, 9.17) is 4.42 Å². The Morgan fingerprint density at radius 3 is 2.91 bits per heavy atom. The van der Waals surface area contributed by atoms with Gasteiger partial charge in [0.05, 0.1) is 0 Å². The summed E-state index contributed by atoms with van der Waals surface area (Å²) >= 11 is 0. The molecule has 1 heterocycles. The Morgan fingerprint density at radius 1 is 1.64 bits per heavy atom. The van der Waals surface area contributed by atoms with Crippen LogP contribution in [-0.2, 0) is 6.42 Å². The minimum atomic E-state index is -0.305. The molecule has 0 unspecified atom stereocenters. The van der Waals surface area contributed by atoms with Gasteiger partial charge in [-0.25, -0.2) is 9.78 Å². The van der Waals surface area contributed by atoms with Crippen molar-refractivity contribution in [2.75, 3.05) is 0 Å². The van der Waals surface area contributed by atoms with Crippen molar-refractivity contribution in [1.82, 2.24) is 4.98 Å². The smallest absolute Gasteiger partial charge is 0.339 e. The third kappa shape index (κ3) is 2.18. The topological polar surface area (TPSA) is 43.1 Å². The molecule has 1 aromatic rings. The van der Waals surface area contributed by atoms with Crippen LogP contribution in [0.4, 0.5) is 0 Å². The van der Waals surface area contributed by atoms with Gasteiger partial charge in [0.2, 0.25) is 0 Å². The monoisotopic (exact) mass is 153 g/mol. The number of rotatable bonds is 2. The van der Waals surface area contributed by atoms with Gasteiger partial charge in [0.15, 0.2) is 5.89 Å². The van der Waals surface area contributed by atoms with E-state index >= 15 is 0 Å².